The predicted octanol–water partition coefficient (Wildman–Crippen LogP) is 4.63. The number of benzene rings is 2. The van der Waals surface area contributed by atoms with Gasteiger partial charge in [0.05, 0.1) is 42.0 Å². The molecule has 8 nitrogen and oxygen atoms in total. The number of H-pyrrole nitrogens is 1. The van der Waals surface area contributed by atoms with E-state index in [2.05, 4.69) is 16.0 Å². The second-order valence-corrected chi connectivity index (χ2v) is 6.90. The number of rotatable bonds is 9. The van der Waals surface area contributed by atoms with E-state index in [1.807, 2.05) is 13.0 Å². The summed E-state index contributed by atoms with van der Waals surface area (Å²) < 4.78 is 21.3. The maximum Gasteiger partial charge on any atom is 0.344 e. The van der Waals surface area contributed by atoms with Gasteiger partial charge in [-0.3, -0.25) is 0 Å². The molecule has 0 aliphatic rings. The van der Waals surface area contributed by atoms with Crippen LogP contribution < -0.4 is 14.2 Å². The molecule has 0 saturated heterocycles. The van der Waals surface area contributed by atoms with Gasteiger partial charge in [0.25, 0.3) is 0 Å². The van der Waals surface area contributed by atoms with Crippen LogP contribution in [0.1, 0.15) is 25.2 Å². The number of imidazole rings is 1. The van der Waals surface area contributed by atoms with E-state index in [-0.39, 0.29) is 24.0 Å². The van der Waals surface area contributed by atoms with Crippen molar-refractivity contribution in [2.24, 2.45) is 0 Å². The second-order valence-electron chi connectivity index (χ2n) is 6.50. The number of nitriles is 1. The molecule has 3 rings (SSSR count). The highest BCUT2D eigenvalue weighted by atomic mass is 35.5. The van der Waals surface area contributed by atoms with Crippen LogP contribution >= 0.6 is 11.6 Å². The number of nitrogens with zero attached hydrogens (tertiary/aromatic N) is 2. The first-order valence-corrected chi connectivity index (χ1v) is 10.3. The van der Waals surface area contributed by atoms with Crippen molar-refractivity contribution in [2.45, 2.75) is 13.8 Å². The predicted molar refractivity (Wildman–Crippen MR) is 121 cm³/mol. The maximum absolute atomic E-state index is 11.6. The molecule has 0 unspecified atom stereocenters. The molecule has 9 heteroatoms. The molecule has 1 heterocycles. The van der Waals surface area contributed by atoms with Crippen molar-refractivity contribution in [3.63, 3.8) is 0 Å². The van der Waals surface area contributed by atoms with E-state index in [0.29, 0.717) is 40.6 Å². The minimum Gasteiger partial charge on any atom is -0.497 e. The topological polar surface area (TPSA) is 106 Å². The van der Waals surface area contributed by atoms with Gasteiger partial charge in [0, 0.05) is 6.07 Å². The summed E-state index contributed by atoms with van der Waals surface area (Å²) >= 11 is 6.39. The van der Waals surface area contributed by atoms with E-state index >= 15 is 0 Å². The third kappa shape index (κ3) is 5.31. The molecule has 166 valence electrons. The van der Waals surface area contributed by atoms with Crippen molar-refractivity contribution in [2.75, 3.05) is 26.9 Å². The largest absolute Gasteiger partial charge is 0.497 e. The summed E-state index contributed by atoms with van der Waals surface area (Å²) in [6, 6.07) is 10.9. The number of methoxy groups -OCH3 is 1. The van der Waals surface area contributed by atoms with Crippen molar-refractivity contribution < 1.29 is 23.7 Å². The fourth-order valence-electron chi connectivity index (χ4n) is 2.97. The molecule has 0 amide bonds. The van der Waals surface area contributed by atoms with Crippen LogP contribution in [0, 0.1) is 11.3 Å². The number of allylic oxidation sites excluding steroid dienone is 1. The number of hydrogen-bond donors (Lipinski definition) is 1. The molecule has 3 aromatic rings. The summed E-state index contributed by atoms with van der Waals surface area (Å²) in [6.07, 6.45) is 1.64. The Hall–Kier alpha value is -3.70. The van der Waals surface area contributed by atoms with Gasteiger partial charge in [0.15, 0.2) is 18.1 Å². The van der Waals surface area contributed by atoms with Crippen LogP contribution in [0.5, 0.6) is 17.2 Å². The molecule has 0 bridgehead atoms. The summed E-state index contributed by atoms with van der Waals surface area (Å²) in [4.78, 5) is 19.2. The first-order chi connectivity index (χ1) is 15.5. The van der Waals surface area contributed by atoms with Gasteiger partial charge >= 0.3 is 5.97 Å². The minimum absolute atomic E-state index is 0.230. The van der Waals surface area contributed by atoms with Gasteiger partial charge in [0.1, 0.15) is 17.6 Å². The third-order valence-corrected chi connectivity index (χ3v) is 4.63. The van der Waals surface area contributed by atoms with Gasteiger partial charge < -0.3 is 23.9 Å². The molecule has 0 aliphatic heterocycles. The Kier molecular flexibility index (Phi) is 7.58. The van der Waals surface area contributed by atoms with Crippen LogP contribution in [-0.4, -0.2) is 42.9 Å². The molecular weight excluding hydrogens is 434 g/mol. The Balaban J connectivity index is 1.95. The number of carbonyl (C=O) groups is 1. The molecule has 1 aromatic heterocycles. The Morgan fingerprint density at radius 2 is 2.03 bits per heavy atom. The molecule has 2 aromatic carbocycles. The summed E-state index contributed by atoms with van der Waals surface area (Å²) in [7, 11) is 1.58. The Morgan fingerprint density at radius 3 is 2.72 bits per heavy atom. The first kappa shape index (κ1) is 23.0. The molecular formula is C23H22ClN3O5. The lowest BCUT2D eigenvalue weighted by Crippen LogP contribution is -2.15. The minimum atomic E-state index is -0.511. The summed E-state index contributed by atoms with van der Waals surface area (Å²) in [5, 5.41) is 9.95. The van der Waals surface area contributed by atoms with Crippen molar-refractivity contribution in [3.05, 3.63) is 46.7 Å². The Labute approximate surface area is 190 Å². The average molecular weight is 456 g/mol. The van der Waals surface area contributed by atoms with Crippen molar-refractivity contribution >= 4 is 40.3 Å². The van der Waals surface area contributed by atoms with E-state index in [0.717, 1.165) is 5.52 Å². The molecule has 0 radical (unpaired) electrons. The molecule has 1 N–H and O–H groups in total. The number of aromatic amines is 1. The van der Waals surface area contributed by atoms with Crippen LogP contribution in [0.2, 0.25) is 5.02 Å². The number of hydrogen-bond acceptors (Lipinski definition) is 7. The quantitative estimate of drug-likeness (QED) is 0.370. The van der Waals surface area contributed by atoms with Gasteiger partial charge in [-0.1, -0.05) is 11.6 Å². The van der Waals surface area contributed by atoms with Gasteiger partial charge in [-0.15, -0.1) is 0 Å². The van der Waals surface area contributed by atoms with E-state index in [9.17, 15) is 10.1 Å². The molecule has 0 fully saturated rings. The highest BCUT2D eigenvalue weighted by Crippen LogP contribution is 2.37. The van der Waals surface area contributed by atoms with Crippen LogP contribution in [0.4, 0.5) is 0 Å². The Bertz CT molecular complexity index is 1200. The van der Waals surface area contributed by atoms with Crippen LogP contribution in [0.15, 0.2) is 30.3 Å². The zero-order chi connectivity index (χ0) is 23.1. The maximum atomic E-state index is 11.6. The summed E-state index contributed by atoms with van der Waals surface area (Å²) in [5.74, 6) is 1.16. The highest BCUT2D eigenvalue weighted by molar-refractivity contribution is 6.32. The van der Waals surface area contributed by atoms with Gasteiger partial charge in [-0.2, -0.15) is 5.26 Å². The second kappa shape index (κ2) is 10.6. The average Bonchev–Trinajstić information content (AvgIpc) is 3.20. The molecule has 0 atom stereocenters. The lowest BCUT2D eigenvalue weighted by Gasteiger charge is -2.14. The molecule has 0 aliphatic carbocycles. The van der Waals surface area contributed by atoms with Crippen molar-refractivity contribution in [1.82, 2.24) is 9.97 Å². The lowest BCUT2D eigenvalue weighted by molar-refractivity contribution is -0.145. The number of ether oxygens (including phenoxy) is 4. The van der Waals surface area contributed by atoms with E-state index in [1.165, 1.54) is 0 Å². The van der Waals surface area contributed by atoms with Gasteiger partial charge in [-0.05, 0) is 49.8 Å². The number of fused-ring (bicyclic) bond motifs is 1. The van der Waals surface area contributed by atoms with Crippen molar-refractivity contribution in [1.29, 1.82) is 5.26 Å². The third-order valence-electron chi connectivity index (χ3n) is 4.35. The van der Waals surface area contributed by atoms with Crippen LogP contribution in [-0.2, 0) is 9.53 Å². The number of aromatic nitrogens is 2. The highest BCUT2D eigenvalue weighted by Gasteiger charge is 2.16. The monoisotopic (exact) mass is 455 g/mol. The number of halogens is 1. The summed E-state index contributed by atoms with van der Waals surface area (Å²) in [6.45, 7) is 3.84. The fourth-order valence-corrected chi connectivity index (χ4v) is 3.25. The number of carbonyl (C=O) groups excluding carboxylic acids is 1. The smallest absolute Gasteiger partial charge is 0.344 e. The normalized spacial score (nSPS) is 11.2. The summed E-state index contributed by atoms with van der Waals surface area (Å²) in [5.41, 5.74) is 2.37. The molecule has 32 heavy (non-hydrogen) atoms. The standard InChI is InChI=1S/C23H22ClN3O5/c1-4-30-20-10-14(9-17(24)22(20)32-13-21(28)31-5-2)8-15(12-25)23-26-18-7-6-16(29-3)11-19(18)27-23/h6-11H,4-5,13H2,1-3H3,(H,26,27)/b15-8-. The van der Waals surface area contributed by atoms with Gasteiger partial charge in [-0.25, -0.2) is 9.78 Å². The SMILES string of the molecule is CCOC(=O)COc1c(Cl)cc(/C=C(/C#N)c2nc3ccc(OC)cc3[nH]2)cc1OCC. The number of esters is 1. The number of nitrogens with one attached hydrogen (secondary N) is 1. The zero-order valence-electron chi connectivity index (χ0n) is 17.9. The van der Waals surface area contributed by atoms with Crippen molar-refractivity contribution in [3.8, 4) is 23.3 Å². The Morgan fingerprint density at radius 1 is 1.22 bits per heavy atom. The molecule has 0 saturated carbocycles. The lowest BCUT2D eigenvalue weighted by atomic mass is 10.1. The zero-order valence-corrected chi connectivity index (χ0v) is 18.7. The van der Waals surface area contributed by atoms with Gasteiger partial charge in [0.2, 0.25) is 0 Å². The van der Waals surface area contributed by atoms with E-state index < -0.39 is 5.97 Å². The molecule has 0 spiro atoms. The van der Waals surface area contributed by atoms with Crippen LogP contribution in [0.25, 0.3) is 22.7 Å². The first-order valence-electron chi connectivity index (χ1n) is 9.89. The fraction of sp³-hybridized carbons (Fsp3) is 0.261. The van der Waals surface area contributed by atoms with E-state index in [1.54, 1.807) is 44.4 Å². The van der Waals surface area contributed by atoms with Crippen LogP contribution in [0.3, 0.4) is 0 Å². The van der Waals surface area contributed by atoms with E-state index in [4.69, 9.17) is 30.5 Å².